The second-order valence-electron chi connectivity index (χ2n) is 5.70. The first-order chi connectivity index (χ1) is 11.9. The Bertz CT molecular complexity index is 953. The molecule has 8 heteroatoms. The molecule has 132 valence electrons. The molecule has 0 N–H and O–H groups in total. The smallest absolute Gasteiger partial charge is 0.175 e. The molecule has 3 aromatic rings. The maximum Gasteiger partial charge on any atom is 0.175 e. The lowest BCUT2D eigenvalue weighted by Crippen LogP contribution is -2.21. The standard InChI is InChI=1S/C17H19N3O3S2/c1-20(16-15-8-11-24-17(15)19-12-18-16)9-3-10-23-13-4-6-14(7-5-13)25(2,21)22/h4-8,11-12H,3,9-10H2,1-2H3. The Hall–Kier alpha value is -2.19. The summed E-state index contributed by atoms with van der Waals surface area (Å²) < 4.78 is 28.5. The molecular formula is C17H19N3O3S2. The number of aromatic nitrogens is 2. The van der Waals surface area contributed by atoms with Crippen LogP contribution in [0.25, 0.3) is 10.2 Å². The van der Waals surface area contributed by atoms with Gasteiger partial charge in [-0.3, -0.25) is 0 Å². The number of rotatable bonds is 7. The van der Waals surface area contributed by atoms with E-state index < -0.39 is 9.84 Å². The highest BCUT2D eigenvalue weighted by Gasteiger charge is 2.09. The molecule has 0 fully saturated rings. The van der Waals surface area contributed by atoms with Crippen LogP contribution in [-0.2, 0) is 9.84 Å². The van der Waals surface area contributed by atoms with Crippen LogP contribution in [-0.4, -0.2) is 44.8 Å². The van der Waals surface area contributed by atoms with E-state index in [-0.39, 0.29) is 0 Å². The third-order valence-corrected chi connectivity index (χ3v) is 5.71. The van der Waals surface area contributed by atoms with Crippen LogP contribution in [0.15, 0.2) is 46.9 Å². The first-order valence-corrected chi connectivity index (χ1v) is 10.5. The van der Waals surface area contributed by atoms with Gasteiger partial charge in [-0.2, -0.15) is 0 Å². The molecule has 0 aliphatic carbocycles. The molecule has 0 saturated heterocycles. The Balaban J connectivity index is 1.52. The average molecular weight is 377 g/mol. The first-order valence-electron chi connectivity index (χ1n) is 7.77. The van der Waals surface area contributed by atoms with Crippen LogP contribution in [0.1, 0.15) is 6.42 Å². The van der Waals surface area contributed by atoms with E-state index in [0.717, 1.165) is 29.0 Å². The molecule has 0 atom stereocenters. The lowest BCUT2D eigenvalue weighted by Gasteiger charge is -2.18. The van der Waals surface area contributed by atoms with Crippen LogP contribution in [0.3, 0.4) is 0 Å². The van der Waals surface area contributed by atoms with Crippen LogP contribution >= 0.6 is 11.3 Å². The van der Waals surface area contributed by atoms with E-state index in [1.807, 2.05) is 18.5 Å². The zero-order valence-corrected chi connectivity index (χ0v) is 15.7. The summed E-state index contributed by atoms with van der Waals surface area (Å²) in [6.07, 6.45) is 3.60. The van der Waals surface area contributed by atoms with Crippen molar-refractivity contribution in [2.45, 2.75) is 11.3 Å². The van der Waals surface area contributed by atoms with Crippen molar-refractivity contribution < 1.29 is 13.2 Å². The third kappa shape index (κ3) is 4.26. The second kappa shape index (κ2) is 7.37. The molecule has 0 spiro atoms. The molecule has 0 unspecified atom stereocenters. The predicted octanol–water partition coefficient (Wildman–Crippen LogP) is 3.00. The van der Waals surface area contributed by atoms with Crippen molar-refractivity contribution in [2.24, 2.45) is 0 Å². The number of benzene rings is 1. The Morgan fingerprint density at radius 2 is 1.92 bits per heavy atom. The lowest BCUT2D eigenvalue weighted by atomic mass is 10.3. The van der Waals surface area contributed by atoms with Crippen molar-refractivity contribution in [3.63, 3.8) is 0 Å². The monoisotopic (exact) mass is 377 g/mol. The number of fused-ring (bicyclic) bond motifs is 1. The molecule has 0 bridgehead atoms. The quantitative estimate of drug-likeness (QED) is 0.590. The van der Waals surface area contributed by atoms with Gasteiger partial charge in [0.05, 0.1) is 16.9 Å². The minimum atomic E-state index is -3.17. The van der Waals surface area contributed by atoms with Gasteiger partial charge in [-0.05, 0) is 42.1 Å². The number of sulfone groups is 1. The summed E-state index contributed by atoms with van der Waals surface area (Å²) in [6.45, 7) is 1.34. The van der Waals surface area contributed by atoms with Gasteiger partial charge < -0.3 is 9.64 Å². The molecule has 25 heavy (non-hydrogen) atoms. The first kappa shape index (κ1) is 17.6. The Morgan fingerprint density at radius 3 is 2.64 bits per heavy atom. The van der Waals surface area contributed by atoms with Gasteiger partial charge in [-0.1, -0.05) is 0 Å². The zero-order chi connectivity index (χ0) is 17.9. The molecule has 2 heterocycles. The number of nitrogens with zero attached hydrogens (tertiary/aromatic N) is 3. The largest absolute Gasteiger partial charge is 0.494 e. The normalized spacial score (nSPS) is 11.6. The van der Waals surface area contributed by atoms with Gasteiger partial charge in [0, 0.05) is 19.8 Å². The number of anilines is 1. The summed E-state index contributed by atoms with van der Waals surface area (Å²) in [7, 11) is -1.17. The summed E-state index contributed by atoms with van der Waals surface area (Å²) in [6, 6.07) is 8.51. The minimum absolute atomic E-state index is 0.295. The van der Waals surface area contributed by atoms with E-state index in [2.05, 4.69) is 14.9 Å². The Kier molecular flexibility index (Phi) is 5.19. The maximum absolute atomic E-state index is 11.4. The van der Waals surface area contributed by atoms with Crippen LogP contribution in [0.4, 0.5) is 5.82 Å². The maximum atomic E-state index is 11.4. The molecule has 3 rings (SSSR count). The van der Waals surface area contributed by atoms with Crippen LogP contribution in [0.5, 0.6) is 5.75 Å². The van der Waals surface area contributed by atoms with E-state index in [4.69, 9.17) is 4.74 Å². The van der Waals surface area contributed by atoms with Crippen molar-refractivity contribution in [2.75, 3.05) is 31.4 Å². The van der Waals surface area contributed by atoms with E-state index in [1.165, 1.54) is 6.26 Å². The van der Waals surface area contributed by atoms with Gasteiger partial charge in [-0.15, -0.1) is 11.3 Å². The molecule has 2 aromatic heterocycles. The average Bonchev–Trinajstić information content (AvgIpc) is 3.06. The number of hydrogen-bond donors (Lipinski definition) is 0. The number of ether oxygens (including phenoxy) is 1. The van der Waals surface area contributed by atoms with E-state index in [0.29, 0.717) is 17.3 Å². The van der Waals surface area contributed by atoms with Gasteiger partial charge in [0.15, 0.2) is 9.84 Å². The number of hydrogen-bond acceptors (Lipinski definition) is 7. The summed E-state index contributed by atoms with van der Waals surface area (Å²) in [5.74, 6) is 1.58. The fourth-order valence-electron chi connectivity index (χ4n) is 2.46. The van der Waals surface area contributed by atoms with Gasteiger partial charge in [-0.25, -0.2) is 18.4 Å². The second-order valence-corrected chi connectivity index (χ2v) is 8.61. The van der Waals surface area contributed by atoms with Gasteiger partial charge >= 0.3 is 0 Å². The topological polar surface area (TPSA) is 72.4 Å². The molecule has 1 aromatic carbocycles. The molecule has 0 aliphatic rings. The molecular weight excluding hydrogens is 358 g/mol. The highest BCUT2D eigenvalue weighted by molar-refractivity contribution is 7.90. The van der Waals surface area contributed by atoms with Crippen molar-refractivity contribution in [1.29, 1.82) is 0 Å². The van der Waals surface area contributed by atoms with Crippen LogP contribution in [0.2, 0.25) is 0 Å². The third-order valence-electron chi connectivity index (χ3n) is 3.76. The van der Waals surface area contributed by atoms with Crippen molar-refractivity contribution in [1.82, 2.24) is 9.97 Å². The van der Waals surface area contributed by atoms with Crippen LogP contribution < -0.4 is 9.64 Å². The Morgan fingerprint density at radius 1 is 1.16 bits per heavy atom. The van der Waals surface area contributed by atoms with E-state index in [1.54, 1.807) is 41.9 Å². The molecule has 0 aliphatic heterocycles. The van der Waals surface area contributed by atoms with Gasteiger partial charge in [0.25, 0.3) is 0 Å². The van der Waals surface area contributed by atoms with Crippen molar-refractivity contribution in [3.8, 4) is 5.75 Å². The highest BCUT2D eigenvalue weighted by atomic mass is 32.2. The molecule has 0 radical (unpaired) electrons. The fraction of sp³-hybridized carbons (Fsp3) is 0.294. The fourth-order valence-corrected chi connectivity index (χ4v) is 3.82. The number of thiophene rings is 1. The minimum Gasteiger partial charge on any atom is -0.494 e. The van der Waals surface area contributed by atoms with Crippen molar-refractivity contribution >= 4 is 37.2 Å². The Labute approximate surface area is 151 Å². The van der Waals surface area contributed by atoms with E-state index in [9.17, 15) is 8.42 Å². The predicted molar refractivity (Wildman–Crippen MR) is 100 cm³/mol. The summed E-state index contributed by atoms with van der Waals surface area (Å²) in [5, 5.41) is 3.08. The SMILES string of the molecule is CN(CCCOc1ccc(S(C)(=O)=O)cc1)c1ncnc2sccc12. The van der Waals surface area contributed by atoms with Gasteiger partial charge in [0.2, 0.25) is 0 Å². The zero-order valence-electron chi connectivity index (χ0n) is 14.0. The lowest BCUT2D eigenvalue weighted by molar-refractivity contribution is 0.312. The molecule has 6 nitrogen and oxygen atoms in total. The van der Waals surface area contributed by atoms with Gasteiger partial charge in [0.1, 0.15) is 22.7 Å². The molecule has 0 amide bonds. The van der Waals surface area contributed by atoms with Crippen LogP contribution in [0, 0.1) is 0 Å². The highest BCUT2D eigenvalue weighted by Crippen LogP contribution is 2.26. The summed E-state index contributed by atoms with van der Waals surface area (Å²) in [4.78, 5) is 12.0. The summed E-state index contributed by atoms with van der Waals surface area (Å²) in [5.41, 5.74) is 0. The van der Waals surface area contributed by atoms with Crippen molar-refractivity contribution in [3.05, 3.63) is 42.0 Å². The molecule has 0 saturated carbocycles. The summed E-state index contributed by atoms with van der Waals surface area (Å²) >= 11 is 1.60. The van der Waals surface area contributed by atoms with E-state index >= 15 is 0 Å².